The first-order chi connectivity index (χ1) is 16.1. The van der Waals surface area contributed by atoms with Gasteiger partial charge in [-0.05, 0) is 42.5 Å². The number of nitrogens with zero attached hydrogens (tertiary/aromatic N) is 4. The predicted octanol–water partition coefficient (Wildman–Crippen LogP) is 3.45. The summed E-state index contributed by atoms with van der Waals surface area (Å²) in [6.07, 6.45) is 5.23. The largest absolute Gasteiger partial charge is 0.497 e. The number of anilines is 1. The SMILES string of the molecule is COc1ccc(N2CC(COc3ccc(-c4cn(C)cn4)c4cccnc34)OCC2=O)cc1. The summed E-state index contributed by atoms with van der Waals surface area (Å²) in [5, 5.41) is 0.966. The molecule has 1 unspecified atom stereocenters. The summed E-state index contributed by atoms with van der Waals surface area (Å²) in [6, 6.07) is 15.2. The van der Waals surface area contributed by atoms with Crippen LogP contribution in [0.5, 0.6) is 11.5 Å². The minimum atomic E-state index is -0.265. The van der Waals surface area contributed by atoms with Crippen LogP contribution in [-0.2, 0) is 16.6 Å². The predicted molar refractivity (Wildman–Crippen MR) is 125 cm³/mol. The van der Waals surface area contributed by atoms with Gasteiger partial charge in [0, 0.05) is 36.1 Å². The minimum absolute atomic E-state index is 0.0116. The van der Waals surface area contributed by atoms with Crippen LogP contribution >= 0.6 is 0 Å². The molecule has 1 saturated heterocycles. The van der Waals surface area contributed by atoms with Gasteiger partial charge in [0.05, 0.1) is 25.7 Å². The molecule has 0 spiro atoms. The molecule has 5 rings (SSSR count). The Labute approximate surface area is 191 Å². The number of rotatable bonds is 6. The van der Waals surface area contributed by atoms with Crippen molar-refractivity contribution in [2.45, 2.75) is 6.10 Å². The van der Waals surface area contributed by atoms with Crippen LogP contribution < -0.4 is 14.4 Å². The van der Waals surface area contributed by atoms with Crippen LogP contribution in [0.3, 0.4) is 0 Å². The van der Waals surface area contributed by atoms with Crippen molar-refractivity contribution < 1.29 is 19.0 Å². The molecule has 4 aromatic rings. The van der Waals surface area contributed by atoms with E-state index in [2.05, 4.69) is 9.97 Å². The number of aryl methyl sites for hydroxylation is 1. The van der Waals surface area contributed by atoms with E-state index >= 15 is 0 Å². The summed E-state index contributed by atoms with van der Waals surface area (Å²) in [5.74, 6) is 1.33. The van der Waals surface area contributed by atoms with Gasteiger partial charge in [0.1, 0.15) is 36.3 Å². The number of carbonyl (C=O) groups is 1. The summed E-state index contributed by atoms with van der Waals surface area (Å²) < 4.78 is 19.0. The van der Waals surface area contributed by atoms with Gasteiger partial charge in [-0.1, -0.05) is 6.07 Å². The molecule has 33 heavy (non-hydrogen) atoms. The number of amides is 1. The van der Waals surface area contributed by atoms with Crippen molar-refractivity contribution in [1.29, 1.82) is 0 Å². The molecule has 2 aromatic heterocycles. The Hall–Kier alpha value is -3.91. The fourth-order valence-electron chi connectivity index (χ4n) is 3.96. The summed E-state index contributed by atoms with van der Waals surface area (Å²) in [7, 11) is 3.56. The smallest absolute Gasteiger partial charge is 0.253 e. The molecule has 1 aliphatic rings. The third-order valence-electron chi connectivity index (χ3n) is 5.65. The van der Waals surface area contributed by atoms with Crippen molar-refractivity contribution in [1.82, 2.24) is 14.5 Å². The number of hydrogen-bond acceptors (Lipinski definition) is 6. The molecule has 168 valence electrons. The standard InChI is InChI=1S/C25H24N4O4/c1-28-13-22(27-16-28)20-9-10-23(25-21(20)4-3-11-26-25)33-14-19-12-29(24(30)15-32-19)17-5-7-18(31-2)8-6-17/h3-11,13,16,19H,12,14-15H2,1-2H3. The average molecular weight is 444 g/mol. The van der Waals surface area contributed by atoms with Crippen molar-refractivity contribution in [3.63, 3.8) is 0 Å². The molecule has 3 heterocycles. The highest BCUT2D eigenvalue weighted by Gasteiger charge is 2.28. The number of hydrogen-bond donors (Lipinski definition) is 0. The molecule has 8 heteroatoms. The Kier molecular flexibility index (Phi) is 5.66. The lowest BCUT2D eigenvalue weighted by atomic mass is 10.1. The van der Waals surface area contributed by atoms with Gasteiger partial charge in [-0.25, -0.2) is 4.98 Å². The molecule has 0 aliphatic carbocycles. The summed E-state index contributed by atoms with van der Waals surface area (Å²) >= 11 is 0. The molecule has 0 saturated carbocycles. The van der Waals surface area contributed by atoms with E-state index in [-0.39, 0.29) is 18.6 Å². The molecule has 1 atom stereocenters. The Morgan fingerprint density at radius 2 is 1.97 bits per heavy atom. The average Bonchev–Trinajstić information content (AvgIpc) is 3.29. The first-order valence-corrected chi connectivity index (χ1v) is 10.7. The maximum absolute atomic E-state index is 12.4. The molecule has 1 aliphatic heterocycles. The maximum Gasteiger partial charge on any atom is 0.253 e. The molecule has 8 nitrogen and oxygen atoms in total. The fraction of sp³-hybridized carbons (Fsp3) is 0.240. The van der Waals surface area contributed by atoms with Crippen molar-refractivity contribution in [2.24, 2.45) is 7.05 Å². The highest BCUT2D eigenvalue weighted by Crippen LogP contribution is 2.32. The van der Waals surface area contributed by atoms with Gasteiger partial charge in [-0.2, -0.15) is 0 Å². The maximum atomic E-state index is 12.4. The zero-order chi connectivity index (χ0) is 22.8. The topological polar surface area (TPSA) is 78.7 Å². The van der Waals surface area contributed by atoms with Crippen molar-refractivity contribution >= 4 is 22.5 Å². The van der Waals surface area contributed by atoms with E-state index in [1.165, 1.54) is 0 Å². The van der Waals surface area contributed by atoms with Crippen LogP contribution in [0, 0.1) is 0 Å². The number of benzene rings is 2. The van der Waals surface area contributed by atoms with Gasteiger partial charge in [0.2, 0.25) is 0 Å². The monoisotopic (exact) mass is 444 g/mol. The van der Waals surface area contributed by atoms with Gasteiger partial charge >= 0.3 is 0 Å². The van der Waals surface area contributed by atoms with Crippen molar-refractivity contribution in [2.75, 3.05) is 31.8 Å². The normalized spacial score (nSPS) is 16.2. The first kappa shape index (κ1) is 21.0. The Bertz CT molecular complexity index is 1290. The van der Waals surface area contributed by atoms with E-state index in [1.807, 2.05) is 66.3 Å². The summed E-state index contributed by atoms with van der Waals surface area (Å²) in [6.45, 7) is 0.717. The quantitative estimate of drug-likeness (QED) is 0.453. The van der Waals surface area contributed by atoms with Crippen LogP contribution in [0.2, 0.25) is 0 Å². The number of methoxy groups -OCH3 is 1. The van der Waals surface area contributed by atoms with E-state index in [0.29, 0.717) is 18.9 Å². The molecule has 1 amide bonds. The van der Waals surface area contributed by atoms with Crippen LogP contribution in [0.1, 0.15) is 0 Å². The Morgan fingerprint density at radius 3 is 2.73 bits per heavy atom. The Morgan fingerprint density at radius 1 is 1.12 bits per heavy atom. The van der Waals surface area contributed by atoms with Crippen molar-refractivity contribution in [3.8, 4) is 22.8 Å². The zero-order valence-corrected chi connectivity index (χ0v) is 18.5. The molecule has 0 N–H and O–H groups in total. The van der Waals surface area contributed by atoms with Gasteiger partial charge in [-0.15, -0.1) is 0 Å². The molecule has 2 aromatic carbocycles. The molecular weight excluding hydrogens is 420 g/mol. The van der Waals surface area contributed by atoms with Gasteiger partial charge in [-0.3, -0.25) is 9.78 Å². The lowest BCUT2D eigenvalue weighted by Crippen LogP contribution is -2.48. The molecule has 1 fully saturated rings. The third-order valence-corrected chi connectivity index (χ3v) is 5.65. The highest BCUT2D eigenvalue weighted by atomic mass is 16.5. The van der Waals surface area contributed by atoms with E-state index in [4.69, 9.17) is 14.2 Å². The zero-order valence-electron chi connectivity index (χ0n) is 18.5. The van der Waals surface area contributed by atoms with E-state index < -0.39 is 0 Å². The van der Waals surface area contributed by atoms with E-state index in [9.17, 15) is 4.79 Å². The van der Waals surface area contributed by atoms with Crippen LogP contribution in [0.25, 0.3) is 22.2 Å². The van der Waals surface area contributed by atoms with Crippen molar-refractivity contribution in [3.05, 3.63) is 67.3 Å². The molecular formula is C25H24N4O4. The second kappa shape index (κ2) is 8.91. The lowest BCUT2D eigenvalue weighted by molar-refractivity contribution is -0.130. The summed E-state index contributed by atoms with van der Waals surface area (Å²) in [5.41, 5.74) is 3.45. The van der Waals surface area contributed by atoms with Gasteiger partial charge in [0.15, 0.2) is 0 Å². The van der Waals surface area contributed by atoms with E-state index in [1.54, 1.807) is 24.5 Å². The number of carbonyl (C=O) groups excluding carboxylic acids is 1. The van der Waals surface area contributed by atoms with Crippen LogP contribution in [0.4, 0.5) is 5.69 Å². The second-order valence-electron chi connectivity index (χ2n) is 7.88. The number of morpholine rings is 1. The Balaban J connectivity index is 1.34. The number of aromatic nitrogens is 3. The van der Waals surface area contributed by atoms with Crippen LogP contribution in [-0.4, -0.2) is 53.4 Å². The summed E-state index contributed by atoms with van der Waals surface area (Å²) in [4.78, 5) is 23.2. The van der Waals surface area contributed by atoms with Crippen LogP contribution in [0.15, 0.2) is 67.3 Å². The second-order valence-corrected chi connectivity index (χ2v) is 7.88. The molecule has 0 radical (unpaired) electrons. The first-order valence-electron chi connectivity index (χ1n) is 10.7. The number of imidazole rings is 1. The van der Waals surface area contributed by atoms with Gasteiger partial charge < -0.3 is 23.7 Å². The minimum Gasteiger partial charge on any atom is -0.497 e. The lowest BCUT2D eigenvalue weighted by Gasteiger charge is -2.32. The highest BCUT2D eigenvalue weighted by molar-refractivity contribution is 5.97. The number of pyridine rings is 1. The molecule has 0 bridgehead atoms. The van der Waals surface area contributed by atoms with Gasteiger partial charge in [0.25, 0.3) is 5.91 Å². The fourth-order valence-corrected chi connectivity index (χ4v) is 3.96. The number of ether oxygens (including phenoxy) is 3. The van der Waals surface area contributed by atoms with E-state index in [0.717, 1.165) is 33.6 Å². The number of fused-ring (bicyclic) bond motifs is 1. The third kappa shape index (κ3) is 4.25.